The summed E-state index contributed by atoms with van der Waals surface area (Å²) < 4.78 is 0. The molecule has 5 heteroatoms. The average molecular weight is 286 g/mol. The van der Waals surface area contributed by atoms with Gasteiger partial charge in [-0.25, -0.2) is 4.98 Å². The minimum Gasteiger partial charge on any atom is -0.392 e. The first-order valence-electron chi connectivity index (χ1n) is 7.43. The molecule has 21 heavy (non-hydrogen) atoms. The van der Waals surface area contributed by atoms with Crippen molar-refractivity contribution in [1.82, 2.24) is 20.2 Å². The molecule has 0 saturated carbocycles. The molecule has 1 aromatic heterocycles. The third-order valence-electron chi connectivity index (χ3n) is 4.10. The van der Waals surface area contributed by atoms with Gasteiger partial charge in [0.25, 0.3) is 0 Å². The fourth-order valence-electron chi connectivity index (χ4n) is 2.93. The quantitative estimate of drug-likeness (QED) is 0.777. The number of likely N-dealkylation sites (N-methyl/N-ethyl adjacent to an activating group) is 1. The lowest BCUT2D eigenvalue weighted by Crippen LogP contribution is -2.33. The fourth-order valence-corrected chi connectivity index (χ4v) is 2.93. The number of benzene rings is 1. The van der Waals surface area contributed by atoms with Crippen LogP contribution >= 0.6 is 0 Å². The van der Waals surface area contributed by atoms with Gasteiger partial charge in [0.15, 0.2) is 0 Å². The van der Waals surface area contributed by atoms with Crippen LogP contribution in [0.25, 0.3) is 11.4 Å². The first-order valence-corrected chi connectivity index (χ1v) is 7.43. The molecular weight excluding hydrogens is 264 g/mol. The first-order chi connectivity index (χ1) is 10.3. The van der Waals surface area contributed by atoms with Gasteiger partial charge in [-0.2, -0.15) is 0 Å². The second kappa shape index (κ2) is 6.39. The van der Waals surface area contributed by atoms with E-state index in [-0.39, 0.29) is 12.1 Å². The van der Waals surface area contributed by atoms with E-state index in [9.17, 15) is 5.11 Å². The number of aliphatic hydroxyl groups is 1. The molecule has 0 amide bonds. The minimum absolute atomic E-state index is 0.169. The molecule has 0 radical (unpaired) electrons. The molecule has 1 unspecified atom stereocenters. The molecule has 1 aliphatic heterocycles. The number of nitrogens with zero attached hydrogens (tertiary/aromatic N) is 2. The van der Waals surface area contributed by atoms with Gasteiger partial charge in [-0.15, -0.1) is 0 Å². The summed E-state index contributed by atoms with van der Waals surface area (Å²) in [4.78, 5) is 9.76. The van der Waals surface area contributed by atoms with Crippen molar-refractivity contribution >= 4 is 0 Å². The molecule has 5 nitrogen and oxygen atoms in total. The third-order valence-corrected chi connectivity index (χ3v) is 4.10. The van der Waals surface area contributed by atoms with E-state index < -0.39 is 0 Å². The molecule has 0 aliphatic carbocycles. The summed E-state index contributed by atoms with van der Waals surface area (Å²) in [5.74, 6) is 0.892. The Morgan fingerprint density at radius 1 is 1.52 bits per heavy atom. The number of likely N-dealkylation sites (tertiary alicyclic amines) is 1. The van der Waals surface area contributed by atoms with Gasteiger partial charge in [0, 0.05) is 43.6 Å². The number of imidazole rings is 1. The highest BCUT2D eigenvalue weighted by Crippen LogP contribution is 2.22. The van der Waals surface area contributed by atoms with Crippen LogP contribution in [0.3, 0.4) is 0 Å². The summed E-state index contributed by atoms with van der Waals surface area (Å²) >= 11 is 0. The number of aliphatic hydroxyl groups excluding tert-OH is 1. The Kier molecular flexibility index (Phi) is 4.34. The maximum Gasteiger partial charge on any atom is 0.137 e. The Morgan fingerprint density at radius 3 is 3.10 bits per heavy atom. The zero-order chi connectivity index (χ0) is 14.7. The Morgan fingerprint density at radius 2 is 2.43 bits per heavy atom. The van der Waals surface area contributed by atoms with E-state index in [1.54, 1.807) is 6.20 Å². The van der Waals surface area contributed by atoms with Gasteiger partial charge >= 0.3 is 0 Å². The molecule has 0 bridgehead atoms. The van der Waals surface area contributed by atoms with E-state index in [0.717, 1.165) is 37.4 Å². The SMILES string of the molecule is CN[C@H](CN1CCC(O)C1)c1cccc(-c2ncc[nH]2)c1. The van der Waals surface area contributed by atoms with Crippen LogP contribution in [0.1, 0.15) is 18.0 Å². The molecule has 2 aromatic rings. The second-order valence-electron chi connectivity index (χ2n) is 5.61. The van der Waals surface area contributed by atoms with Crippen molar-refractivity contribution in [3.8, 4) is 11.4 Å². The largest absolute Gasteiger partial charge is 0.392 e. The van der Waals surface area contributed by atoms with Crippen molar-refractivity contribution in [3.05, 3.63) is 42.2 Å². The predicted octanol–water partition coefficient (Wildman–Crippen LogP) is 1.40. The van der Waals surface area contributed by atoms with Crippen LogP contribution in [0, 0.1) is 0 Å². The number of hydrogen-bond acceptors (Lipinski definition) is 4. The highest BCUT2D eigenvalue weighted by Gasteiger charge is 2.23. The molecule has 3 rings (SSSR count). The van der Waals surface area contributed by atoms with Crippen molar-refractivity contribution in [1.29, 1.82) is 0 Å². The maximum atomic E-state index is 9.65. The van der Waals surface area contributed by atoms with Crippen LogP contribution in [0.4, 0.5) is 0 Å². The Labute approximate surface area is 125 Å². The van der Waals surface area contributed by atoms with E-state index in [4.69, 9.17) is 0 Å². The molecular formula is C16H22N4O. The van der Waals surface area contributed by atoms with Crippen molar-refractivity contribution in [2.75, 3.05) is 26.7 Å². The molecule has 2 atom stereocenters. The summed E-state index contributed by atoms with van der Waals surface area (Å²) in [6, 6.07) is 8.70. The monoisotopic (exact) mass is 286 g/mol. The summed E-state index contributed by atoms with van der Waals surface area (Å²) in [5.41, 5.74) is 2.34. The Bertz CT molecular complexity index is 569. The van der Waals surface area contributed by atoms with Crippen LogP contribution in [-0.2, 0) is 0 Å². The number of hydrogen-bond donors (Lipinski definition) is 3. The van der Waals surface area contributed by atoms with E-state index in [1.807, 2.05) is 13.2 Å². The normalized spacial score (nSPS) is 20.8. The van der Waals surface area contributed by atoms with E-state index >= 15 is 0 Å². The molecule has 1 fully saturated rings. The molecule has 3 N–H and O–H groups in total. The van der Waals surface area contributed by atoms with Gasteiger partial charge in [-0.3, -0.25) is 4.90 Å². The number of β-amino-alcohol motifs (C(OH)–C–C–N with tert-alkyl or cyclic N) is 1. The van der Waals surface area contributed by atoms with Crippen LogP contribution in [-0.4, -0.2) is 52.8 Å². The number of rotatable bonds is 5. The lowest BCUT2D eigenvalue weighted by atomic mass is 10.0. The number of nitrogens with one attached hydrogen (secondary N) is 2. The standard InChI is InChI=1S/C16H22N4O/c1-17-15(11-20-8-5-14(21)10-20)12-3-2-4-13(9-12)16-18-6-7-19-16/h2-4,6-7,9,14-15,17,21H,5,8,10-11H2,1H3,(H,18,19)/t14?,15-/m1/s1. The van der Waals surface area contributed by atoms with Crippen molar-refractivity contribution in [2.45, 2.75) is 18.6 Å². The van der Waals surface area contributed by atoms with Crippen molar-refractivity contribution in [2.24, 2.45) is 0 Å². The van der Waals surface area contributed by atoms with Gasteiger partial charge < -0.3 is 15.4 Å². The summed E-state index contributed by atoms with van der Waals surface area (Å²) in [6.07, 6.45) is 4.31. The lowest BCUT2D eigenvalue weighted by Gasteiger charge is -2.23. The third kappa shape index (κ3) is 3.32. The number of H-pyrrole nitrogens is 1. The topological polar surface area (TPSA) is 64.2 Å². The van der Waals surface area contributed by atoms with E-state index in [0.29, 0.717) is 0 Å². The predicted molar refractivity (Wildman–Crippen MR) is 82.9 cm³/mol. The van der Waals surface area contributed by atoms with Gasteiger partial charge in [0.2, 0.25) is 0 Å². The zero-order valence-electron chi connectivity index (χ0n) is 12.3. The molecule has 1 aliphatic rings. The zero-order valence-corrected chi connectivity index (χ0v) is 12.3. The molecule has 1 saturated heterocycles. The maximum absolute atomic E-state index is 9.65. The molecule has 0 spiro atoms. The van der Waals surface area contributed by atoms with Crippen LogP contribution in [0.2, 0.25) is 0 Å². The molecule has 112 valence electrons. The van der Waals surface area contributed by atoms with E-state index in [2.05, 4.69) is 44.5 Å². The summed E-state index contributed by atoms with van der Waals surface area (Å²) in [7, 11) is 1.98. The minimum atomic E-state index is -0.169. The Balaban J connectivity index is 1.76. The molecule has 1 aromatic carbocycles. The van der Waals surface area contributed by atoms with Gasteiger partial charge in [0.05, 0.1) is 6.10 Å². The highest BCUT2D eigenvalue weighted by molar-refractivity contribution is 5.56. The van der Waals surface area contributed by atoms with Gasteiger partial charge in [-0.1, -0.05) is 18.2 Å². The van der Waals surface area contributed by atoms with Gasteiger partial charge in [-0.05, 0) is 25.1 Å². The first kappa shape index (κ1) is 14.3. The second-order valence-corrected chi connectivity index (χ2v) is 5.61. The highest BCUT2D eigenvalue weighted by atomic mass is 16.3. The van der Waals surface area contributed by atoms with E-state index in [1.165, 1.54) is 5.56 Å². The number of aromatic amines is 1. The van der Waals surface area contributed by atoms with Crippen LogP contribution < -0.4 is 5.32 Å². The number of aromatic nitrogens is 2. The van der Waals surface area contributed by atoms with Crippen LogP contribution in [0.15, 0.2) is 36.7 Å². The van der Waals surface area contributed by atoms with Crippen LogP contribution in [0.5, 0.6) is 0 Å². The molecule has 2 heterocycles. The lowest BCUT2D eigenvalue weighted by molar-refractivity contribution is 0.173. The van der Waals surface area contributed by atoms with Crippen molar-refractivity contribution < 1.29 is 5.11 Å². The average Bonchev–Trinajstić information content (AvgIpc) is 3.16. The smallest absolute Gasteiger partial charge is 0.137 e. The fraction of sp³-hybridized carbons (Fsp3) is 0.438. The Hall–Kier alpha value is -1.69. The summed E-state index contributed by atoms with van der Waals surface area (Å²) in [5, 5.41) is 13.0. The van der Waals surface area contributed by atoms with Crippen molar-refractivity contribution in [3.63, 3.8) is 0 Å². The summed E-state index contributed by atoms with van der Waals surface area (Å²) in [6.45, 7) is 2.66. The van der Waals surface area contributed by atoms with Gasteiger partial charge in [0.1, 0.15) is 5.82 Å².